The Labute approximate surface area is 135 Å². The third-order valence-electron chi connectivity index (χ3n) is 3.13. The average Bonchev–Trinajstić information content (AvgIpc) is 2.44. The second-order valence-corrected chi connectivity index (χ2v) is 7.03. The molecular weight excluding hydrogens is 326 g/mol. The van der Waals surface area contributed by atoms with E-state index < -0.39 is 0 Å². The van der Waals surface area contributed by atoms with Crippen molar-refractivity contribution in [3.05, 3.63) is 53.0 Å². The molecule has 2 nitrogen and oxygen atoms in total. The van der Waals surface area contributed by atoms with Gasteiger partial charge in [0.2, 0.25) is 0 Å². The molecule has 0 aliphatic carbocycles. The van der Waals surface area contributed by atoms with Crippen molar-refractivity contribution in [1.82, 2.24) is 5.32 Å². The van der Waals surface area contributed by atoms with Crippen molar-refractivity contribution < 1.29 is 4.74 Å². The molecule has 0 spiro atoms. The van der Waals surface area contributed by atoms with E-state index in [1.807, 2.05) is 18.2 Å². The summed E-state index contributed by atoms with van der Waals surface area (Å²) in [5.74, 6) is 0.852. The van der Waals surface area contributed by atoms with Crippen LogP contribution in [-0.4, -0.2) is 18.7 Å². The Balaban J connectivity index is 2.00. The molecule has 0 aromatic heterocycles. The molecule has 0 amide bonds. The van der Waals surface area contributed by atoms with Crippen molar-refractivity contribution in [2.75, 3.05) is 13.2 Å². The fraction of sp³-hybridized carbons (Fsp3) is 0.333. The molecule has 0 fully saturated rings. The summed E-state index contributed by atoms with van der Waals surface area (Å²) in [6.07, 6.45) is 0. The molecule has 21 heavy (non-hydrogen) atoms. The van der Waals surface area contributed by atoms with Gasteiger partial charge in [0.25, 0.3) is 0 Å². The molecule has 0 aliphatic rings. The van der Waals surface area contributed by atoms with Crippen LogP contribution in [0, 0.1) is 0 Å². The van der Waals surface area contributed by atoms with Gasteiger partial charge in [-0.25, -0.2) is 0 Å². The quantitative estimate of drug-likeness (QED) is 0.774. The minimum absolute atomic E-state index is 0.0898. The third kappa shape index (κ3) is 4.58. The predicted octanol–water partition coefficient (Wildman–Crippen LogP) is 4.93. The van der Waals surface area contributed by atoms with Gasteiger partial charge in [-0.2, -0.15) is 0 Å². The largest absolute Gasteiger partial charge is 0.488 e. The summed E-state index contributed by atoms with van der Waals surface area (Å²) < 4.78 is 6.88. The smallest absolute Gasteiger partial charge is 0.134 e. The number of ether oxygens (including phenoxy) is 1. The highest BCUT2D eigenvalue weighted by atomic mass is 79.9. The molecule has 0 radical (unpaired) electrons. The van der Waals surface area contributed by atoms with Crippen LogP contribution in [0.5, 0.6) is 5.75 Å². The Hall–Kier alpha value is -1.32. The lowest BCUT2D eigenvalue weighted by Gasteiger charge is -2.21. The van der Waals surface area contributed by atoms with Gasteiger partial charge in [0, 0.05) is 12.1 Å². The summed E-state index contributed by atoms with van der Waals surface area (Å²) in [5.41, 5.74) is 1.12. The molecule has 0 atom stereocenters. The van der Waals surface area contributed by atoms with Gasteiger partial charge in [0.1, 0.15) is 12.4 Å². The highest BCUT2D eigenvalue weighted by Crippen LogP contribution is 2.33. The normalized spacial score (nSPS) is 11.6. The molecular formula is C18H22BrNO. The summed E-state index contributed by atoms with van der Waals surface area (Å²) in [4.78, 5) is 0. The number of benzene rings is 2. The van der Waals surface area contributed by atoms with Crippen molar-refractivity contribution >= 4 is 26.7 Å². The van der Waals surface area contributed by atoms with E-state index in [9.17, 15) is 0 Å². The van der Waals surface area contributed by atoms with Crippen LogP contribution in [0.25, 0.3) is 10.8 Å². The van der Waals surface area contributed by atoms with Crippen LogP contribution in [0.1, 0.15) is 20.8 Å². The van der Waals surface area contributed by atoms with Crippen LogP contribution in [0.2, 0.25) is 0 Å². The van der Waals surface area contributed by atoms with Crippen LogP contribution in [0.15, 0.2) is 53.0 Å². The Kier molecular flexibility index (Phi) is 5.07. The van der Waals surface area contributed by atoms with Gasteiger partial charge in [-0.1, -0.05) is 36.9 Å². The van der Waals surface area contributed by atoms with Crippen molar-refractivity contribution in [2.45, 2.75) is 26.3 Å². The zero-order chi connectivity index (χ0) is 15.5. The Morgan fingerprint density at radius 2 is 1.90 bits per heavy atom. The van der Waals surface area contributed by atoms with Crippen molar-refractivity contribution in [3.63, 3.8) is 0 Å². The highest BCUT2D eigenvalue weighted by molar-refractivity contribution is 9.10. The molecule has 0 bridgehead atoms. The van der Waals surface area contributed by atoms with Gasteiger partial charge in [0.05, 0.1) is 4.47 Å². The fourth-order valence-electron chi connectivity index (χ4n) is 1.95. The molecule has 2 rings (SSSR count). The zero-order valence-corrected chi connectivity index (χ0v) is 14.5. The van der Waals surface area contributed by atoms with Crippen molar-refractivity contribution in [2.24, 2.45) is 0 Å². The van der Waals surface area contributed by atoms with Crippen molar-refractivity contribution in [1.29, 1.82) is 0 Å². The minimum atomic E-state index is 0.0898. The third-order valence-corrected chi connectivity index (χ3v) is 3.95. The zero-order valence-electron chi connectivity index (χ0n) is 12.9. The van der Waals surface area contributed by atoms with Crippen molar-refractivity contribution in [3.8, 4) is 5.75 Å². The number of nitrogens with one attached hydrogen (secondary N) is 1. The van der Waals surface area contributed by atoms with Crippen LogP contribution < -0.4 is 10.1 Å². The van der Waals surface area contributed by atoms with Gasteiger partial charge < -0.3 is 10.1 Å². The first kappa shape index (κ1) is 16.1. The summed E-state index contributed by atoms with van der Waals surface area (Å²) in [6.45, 7) is 11.8. The van der Waals surface area contributed by atoms with Crippen LogP contribution in [-0.2, 0) is 0 Å². The maximum atomic E-state index is 5.89. The summed E-state index contributed by atoms with van der Waals surface area (Å²) in [7, 11) is 0. The monoisotopic (exact) mass is 347 g/mol. The highest BCUT2D eigenvalue weighted by Gasteiger charge is 2.10. The van der Waals surface area contributed by atoms with E-state index in [1.165, 1.54) is 5.39 Å². The first-order chi connectivity index (χ1) is 9.87. The summed E-state index contributed by atoms with van der Waals surface area (Å²) in [6, 6.07) is 12.3. The number of rotatable bonds is 5. The Morgan fingerprint density at radius 3 is 2.62 bits per heavy atom. The molecule has 3 heteroatoms. The summed E-state index contributed by atoms with van der Waals surface area (Å²) in [5, 5.41) is 5.77. The molecule has 2 aromatic rings. The first-order valence-electron chi connectivity index (χ1n) is 7.08. The Bertz CT molecular complexity index is 643. The number of hydrogen-bond donors (Lipinski definition) is 1. The maximum absolute atomic E-state index is 5.89. The lowest BCUT2D eigenvalue weighted by molar-refractivity contribution is 0.340. The number of hydrogen-bond acceptors (Lipinski definition) is 2. The molecule has 0 saturated heterocycles. The number of halogens is 1. The molecule has 0 saturated carbocycles. The standard InChI is InChI=1S/C18H22BrNO/c1-13(11-20-18(2,3)4)12-21-16-10-9-14-7-5-6-8-15(14)17(16)19/h5-10,20H,1,11-12H2,2-4H3. The molecule has 0 unspecified atom stereocenters. The first-order valence-corrected chi connectivity index (χ1v) is 7.88. The van der Waals surface area contributed by atoms with E-state index >= 15 is 0 Å². The topological polar surface area (TPSA) is 21.3 Å². The van der Waals surface area contributed by atoms with Gasteiger partial charge in [-0.05, 0) is 59.1 Å². The summed E-state index contributed by atoms with van der Waals surface area (Å²) >= 11 is 3.63. The molecule has 0 heterocycles. The minimum Gasteiger partial charge on any atom is -0.488 e. The van der Waals surface area contributed by atoms with E-state index in [1.54, 1.807) is 0 Å². The second-order valence-electron chi connectivity index (χ2n) is 6.24. The number of fused-ring (bicyclic) bond motifs is 1. The van der Waals surface area contributed by atoms with E-state index in [-0.39, 0.29) is 5.54 Å². The lowest BCUT2D eigenvalue weighted by atomic mass is 10.1. The predicted molar refractivity (Wildman–Crippen MR) is 94.0 cm³/mol. The van der Waals surface area contributed by atoms with E-state index in [2.05, 4.69) is 66.8 Å². The lowest BCUT2D eigenvalue weighted by Crippen LogP contribution is -2.37. The molecule has 112 valence electrons. The molecule has 1 N–H and O–H groups in total. The van der Waals surface area contributed by atoms with Gasteiger partial charge in [-0.15, -0.1) is 0 Å². The van der Waals surface area contributed by atoms with Gasteiger partial charge in [-0.3, -0.25) is 0 Å². The molecule has 0 aliphatic heterocycles. The molecule has 2 aromatic carbocycles. The SMILES string of the molecule is C=C(CNC(C)(C)C)COc1ccc2ccccc2c1Br. The van der Waals surface area contributed by atoms with Crippen LogP contribution in [0.4, 0.5) is 0 Å². The average molecular weight is 348 g/mol. The van der Waals surface area contributed by atoms with E-state index in [0.29, 0.717) is 6.61 Å². The second kappa shape index (κ2) is 6.63. The van der Waals surface area contributed by atoms with Gasteiger partial charge in [0.15, 0.2) is 0 Å². The van der Waals surface area contributed by atoms with Gasteiger partial charge >= 0.3 is 0 Å². The van der Waals surface area contributed by atoms with E-state index in [0.717, 1.165) is 27.7 Å². The fourth-order valence-corrected chi connectivity index (χ4v) is 2.55. The van der Waals surface area contributed by atoms with Crippen LogP contribution >= 0.6 is 15.9 Å². The maximum Gasteiger partial charge on any atom is 0.134 e. The van der Waals surface area contributed by atoms with E-state index in [4.69, 9.17) is 4.74 Å². The Morgan fingerprint density at radius 1 is 1.19 bits per heavy atom. The van der Waals surface area contributed by atoms with Crippen LogP contribution in [0.3, 0.4) is 0 Å².